The van der Waals surface area contributed by atoms with Gasteiger partial charge in [0.25, 0.3) is 0 Å². The summed E-state index contributed by atoms with van der Waals surface area (Å²) in [5.41, 5.74) is 3.31. The minimum absolute atomic E-state index is 0.192. The first-order valence-corrected chi connectivity index (χ1v) is 10.6. The van der Waals surface area contributed by atoms with Crippen molar-refractivity contribution in [2.45, 2.75) is 38.5 Å². The first-order valence-electron chi connectivity index (χ1n) is 10.6. The van der Waals surface area contributed by atoms with Crippen LogP contribution in [-0.4, -0.2) is 19.7 Å². The maximum Gasteiger partial charge on any atom is 0.305 e. The Hall–Kier alpha value is -2.81. The lowest BCUT2D eigenvalue weighted by atomic mass is 9.97. The van der Waals surface area contributed by atoms with E-state index in [-0.39, 0.29) is 5.97 Å². The molecule has 1 saturated carbocycles. The third kappa shape index (κ3) is 4.61. The van der Waals surface area contributed by atoms with E-state index in [9.17, 15) is 4.79 Å². The summed E-state index contributed by atoms with van der Waals surface area (Å²) in [6, 6.07) is 21.2. The second kappa shape index (κ2) is 9.13. The van der Waals surface area contributed by atoms with Crippen LogP contribution < -0.4 is 4.74 Å². The molecule has 1 aliphatic rings. The second-order valence-corrected chi connectivity index (χ2v) is 7.89. The Labute approximate surface area is 172 Å². The van der Waals surface area contributed by atoms with Gasteiger partial charge in [-0.1, -0.05) is 67.4 Å². The van der Waals surface area contributed by atoms with E-state index >= 15 is 0 Å². The summed E-state index contributed by atoms with van der Waals surface area (Å²) in [5.74, 6) is 1.36. The van der Waals surface area contributed by atoms with E-state index in [1.807, 2.05) is 0 Å². The number of carbonyl (C=O) groups excluding carboxylic acids is 1. The highest BCUT2D eigenvalue weighted by Crippen LogP contribution is 2.37. The van der Waals surface area contributed by atoms with E-state index in [2.05, 4.69) is 60.7 Å². The maximum atomic E-state index is 11.7. The molecule has 3 aromatic rings. The van der Waals surface area contributed by atoms with Gasteiger partial charge in [-0.2, -0.15) is 0 Å². The molecule has 150 valence electrons. The van der Waals surface area contributed by atoms with E-state index in [1.165, 1.54) is 43.6 Å². The van der Waals surface area contributed by atoms with Crippen LogP contribution in [0, 0.1) is 5.92 Å². The van der Waals surface area contributed by atoms with Crippen molar-refractivity contribution in [3.05, 3.63) is 66.2 Å². The lowest BCUT2D eigenvalue weighted by Crippen LogP contribution is -2.11. The molecule has 1 fully saturated rings. The van der Waals surface area contributed by atoms with Crippen molar-refractivity contribution in [3.8, 4) is 16.9 Å². The van der Waals surface area contributed by atoms with Crippen LogP contribution in [0.15, 0.2) is 60.7 Å². The van der Waals surface area contributed by atoms with Gasteiger partial charge in [0.1, 0.15) is 5.75 Å². The summed E-state index contributed by atoms with van der Waals surface area (Å²) in [6.07, 6.45) is 6.07. The number of fused-ring (bicyclic) bond motifs is 1. The highest BCUT2D eigenvalue weighted by molar-refractivity contribution is 5.88. The molecule has 0 atom stereocenters. The van der Waals surface area contributed by atoms with Gasteiger partial charge in [0.15, 0.2) is 0 Å². The van der Waals surface area contributed by atoms with Crippen molar-refractivity contribution >= 4 is 16.7 Å². The van der Waals surface area contributed by atoms with Crippen LogP contribution in [0.5, 0.6) is 5.75 Å². The monoisotopic (exact) mass is 388 g/mol. The Morgan fingerprint density at radius 1 is 0.966 bits per heavy atom. The number of para-hydroxylation sites is 1. The number of rotatable bonds is 7. The molecule has 0 heterocycles. The fourth-order valence-electron chi connectivity index (χ4n) is 4.25. The summed E-state index contributed by atoms with van der Waals surface area (Å²) in [4.78, 5) is 11.7. The molecule has 0 bridgehead atoms. The lowest BCUT2D eigenvalue weighted by Gasteiger charge is -2.19. The molecule has 0 aromatic heterocycles. The summed E-state index contributed by atoms with van der Waals surface area (Å²) < 4.78 is 11.3. The number of ether oxygens (including phenoxy) is 2. The number of benzene rings is 3. The zero-order valence-corrected chi connectivity index (χ0v) is 17.0. The van der Waals surface area contributed by atoms with Crippen LogP contribution >= 0.6 is 0 Å². The number of aryl methyl sites for hydroxylation is 1. The molecule has 4 rings (SSSR count). The van der Waals surface area contributed by atoms with Gasteiger partial charge < -0.3 is 9.47 Å². The van der Waals surface area contributed by atoms with Crippen molar-refractivity contribution in [3.63, 3.8) is 0 Å². The highest BCUT2D eigenvalue weighted by Gasteiger charge is 2.19. The van der Waals surface area contributed by atoms with Gasteiger partial charge in [-0.05, 0) is 53.1 Å². The van der Waals surface area contributed by atoms with Crippen LogP contribution in [0.3, 0.4) is 0 Å². The predicted octanol–water partition coefficient (Wildman–Crippen LogP) is 6.18. The number of hydrogen-bond acceptors (Lipinski definition) is 3. The number of methoxy groups -OCH3 is 1. The summed E-state index contributed by atoms with van der Waals surface area (Å²) in [7, 11) is 1.44. The molecule has 0 unspecified atom stereocenters. The van der Waals surface area contributed by atoms with Gasteiger partial charge in [0.05, 0.1) is 13.7 Å². The van der Waals surface area contributed by atoms with E-state index in [4.69, 9.17) is 9.47 Å². The minimum atomic E-state index is -0.192. The van der Waals surface area contributed by atoms with Gasteiger partial charge in [-0.15, -0.1) is 0 Å². The largest absolute Gasteiger partial charge is 0.492 e. The molecule has 29 heavy (non-hydrogen) atoms. The molecule has 0 N–H and O–H groups in total. The zero-order valence-electron chi connectivity index (χ0n) is 17.0. The van der Waals surface area contributed by atoms with E-state index in [0.717, 1.165) is 29.0 Å². The average molecular weight is 389 g/mol. The molecule has 0 radical (unpaired) electrons. The predicted molar refractivity (Wildman–Crippen MR) is 117 cm³/mol. The smallest absolute Gasteiger partial charge is 0.305 e. The van der Waals surface area contributed by atoms with Gasteiger partial charge in [0.2, 0.25) is 0 Å². The first kappa shape index (κ1) is 19.5. The zero-order chi connectivity index (χ0) is 20.1. The molecule has 1 aliphatic carbocycles. The van der Waals surface area contributed by atoms with Crippen molar-refractivity contribution in [1.29, 1.82) is 0 Å². The standard InChI is InChI=1S/C26H28O3/c1-28-25(27)16-15-21-11-6-12-24(26(21)29-18-19-7-2-3-8-19)23-14-13-20-9-4-5-10-22(20)17-23/h4-6,9-14,17,19H,2-3,7-8,15-16,18H2,1H3. The van der Waals surface area contributed by atoms with Crippen molar-refractivity contribution < 1.29 is 14.3 Å². The number of carbonyl (C=O) groups is 1. The van der Waals surface area contributed by atoms with Crippen molar-refractivity contribution in [1.82, 2.24) is 0 Å². The van der Waals surface area contributed by atoms with Crippen molar-refractivity contribution in [2.75, 3.05) is 13.7 Å². The number of esters is 1. The molecular weight excluding hydrogens is 360 g/mol. The van der Waals surface area contributed by atoms with E-state index in [0.29, 0.717) is 18.8 Å². The minimum Gasteiger partial charge on any atom is -0.492 e. The summed E-state index contributed by atoms with van der Waals surface area (Å²) in [5, 5.41) is 2.44. The fraction of sp³-hybridized carbons (Fsp3) is 0.346. The quantitative estimate of drug-likeness (QED) is 0.453. The first-order chi connectivity index (χ1) is 14.2. The Balaban J connectivity index is 1.68. The van der Waals surface area contributed by atoms with E-state index in [1.54, 1.807) is 0 Å². The Kier molecular flexibility index (Phi) is 6.14. The molecule has 3 nitrogen and oxygen atoms in total. The Morgan fingerprint density at radius 2 is 1.76 bits per heavy atom. The van der Waals surface area contributed by atoms with Crippen LogP contribution in [0.2, 0.25) is 0 Å². The normalized spacial score (nSPS) is 14.2. The van der Waals surface area contributed by atoms with Crippen LogP contribution in [0.25, 0.3) is 21.9 Å². The maximum absolute atomic E-state index is 11.7. The SMILES string of the molecule is COC(=O)CCc1cccc(-c2ccc3ccccc3c2)c1OCC1CCCC1. The Morgan fingerprint density at radius 3 is 2.55 bits per heavy atom. The van der Waals surface area contributed by atoms with Crippen LogP contribution in [0.1, 0.15) is 37.7 Å². The molecular formula is C26H28O3. The Bertz CT molecular complexity index is 986. The highest BCUT2D eigenvalue weighted by atomic mass is 16.5. The molecule has 3 heteroatoms. The molecule has 0 spiro atoms. The third-order valence-electron chi connectivity index (χ3n) is 5.92. The van der Waals surface area contributed by atoms with Gasteiger partial charge in [-0.25, -0.2) is 0 Å². The van der Waals surface area contributed by atoms with Crippen LogP contribution in [-0.2, 0) is 16.0 Å². The summed E-state index contributed by atoms with van der Waals surface area (Å²) in [6.45, 7) is 0.746. The van der Waals surface area contributed by atoms with Gasteiger partial charge in [-0.3, -0.25) is 4.79 Å². The molecule has 0 saturated heterocycles. The molecule has 0 amide bonds. The van der Waals surface area contributed by atoms with Crippen molar-refractivity contribution in [2.24, 2.45) is 5.92 Å². The average Bonchev–Trinajstić information content (AvgIpc) is 3.29. The second-order valence-electron chi connectivity index (χ2n) is 7.89. The third-order valence-corrected chi connectivity index (χ3v) is 5.92. The van der Waals surface area contributed by atoms with E-state index < -0.39 is 0 Å². The molecule has 0 aliphatic heterocycles. The molecule has 3 aromatic carbocycles. The topological polar surface area (TPSA) is 35.5 Å². The summed E-state index contributed by atoms with van der Waals surface area (Å²) >= 11 is 0. The number of hydrogen-bond donors (Lipinski definition) is 0. The van der Waals surface area contributed by atoms with Crippen LogP contribution in [0.4, 0.5) is 0 Å². The fourth-order valence-corrected chi connectivity index (χ4v) is 4.25. The van der Waals surface area contributed by atoms with Gasteiger partial charge in [0, 0.05) is 12.0 Å². The van der Waals surface area contributed by atoms with Gasteiger partial charge >= 0.3 is 5.97 Å². The lowest BCUT2D eigenvalue weighted by molar-refractivity contribution is -0.140.